The highest BCUT2D eigenvalue weighted by molar-refractivity contribution is 6.08. The number of pyridine rings is 1. The second-order valence-corrected chi connectivity index (χ2v) is 16.9. The van der Waals surface area contributed by atoms with Crippen molar-refractivity contribution < 1.29 is 0 Å². The van der Waals surface area contributed by atoms with Crippen LogP contribution in [0.2, 0.25) is 0 Å². The highest BCUT2D eigenvalue weighted by Gasteiger charge is 2.40. The van der Waals surface area contributed by atoms with E-state index >= 15 is 0 Å². The van der Waals surface area contributed by atoms with Crippen LogP contribution in [0.1, 0.15) is 18.2 Å². The minimum Gasteiger partial charge on any atom is -0.312 e. The second kappa shape index (κ2) is 13.6. The third-order valence-electron chi connectivity index (χ3n) is 13.2. The van der Waals surface area contributed by atoms with Gasteiger partial charge in [-0.1, -0.05) is 140 Å². The van der Waals surface area contributed by atoms with E-state index in [1.165, 1.54) is 32.8 Å². The number of rotatable bonds is 5. The van der Waals surface area contributed by atoms with Gasteiger partial charge < -0.3 is 4.57 Å². The van der Waals surface area contributed by atoms with Gasteiger partial charge in [-0.15, -0.1) is 0 Å². The average Bonchev–Trinajstić information content (AvgIpc) is 3.87. The van der Waals surface area contributed by atoms with Crippen LogP contribution in [0, 0.1) is 5.92 Å². The van der Waals surface area contributed by atoms with Crippen molar-refractivity contribution in [2.75, 3.05) is 0 Å². The Morgan fingerprint density at radius 1 is 0.476 bits per heavy atom. The summed E-state index contributed by atoms with van der Waals surface area (Å²) in [6.07, 6.45) is 15.6. The third kappa shape index (κ3) is 5.51. The lowest BCUT2D eigenvalue weighted by Crippen LogP contribution is -2.33. The van der Waals surface area contributed by atoms with E-state index in [1.807, 2.05) is 12.3 Å². The third-order valence-corrected chi connectivity index (χ3v) is 13.2. The first-order valence-electron chi connectivity index (χ1n) is 21.5. The molecule has 0 saturated heterocycles. The van der Waals surface area contributed by atoms with Crippen LogP contribution in [0.4, 0.5) is 0 Å². The Hall–Kier alpha value is -8.22. The predicted molar refractivity (Wildman–Crippen MR) is 258 cm³/mol. The first-order chi connectivity index (χ1) is 31.1. The molecule has 296 valence electrons. The summed E-state index contributed by atoms with van der Waals surface area (Å²) in [7, 11) is 0. The lowest BCUT2D eigenvalue weighted by Gasteiger charge is -2.38. The minimum absolute atomic E-state index is 0.208. The van der Waals surface area contributed by atoms with Gasteiger partial charge in [-0.05, 0) is 89.1 Å². The average molecular weight is 807 g/mol. The van der Waals surface area contributed by atoms with Gasteiger partial charge in [0.05, 0.1) is 11.0 Å². The highest BCUT2D eigenvalue weighted by atomic mass is 15.1. The normalized spacial score (nSPS) is 16.7. The summed E-state index contributed by atoms with van der Waals surface area (Å²) >= 11 is 0. The van der Waals surface area contributed by atoms with Crippen molar-refractivity contribution in [3.8, 4) is 45.5 Å². The number of aromatic nitrogens is 6. The van der Waals surface area contributed by atoms with E-state index in [0.717, 1.165) is 60.9 Å². The second-order valence-electron chi connectivity index (χ2n) is 16.9. The highest BCUT2D eigenvalue weighted by Crippen LogP contribution is 2.49. The standard InChI is InChI=1S/C57H38N6/c1-57-30-9-8-17-43(57)26-28-47-49-35-45(63-50-21-7-6-19-46(50)48-20-11-31-58-56(48)63)27-29-51(49)62(52(47)57)44-18-10-16-40(34-44)53-59-54(41-24-22-36-12-2-4-14-38(36)32-41)61-55(60-53)42-25-23-37-13-3-5-15-39(37)33-42/h2-35,43H,1H3. The molecule has 2 unspecified atom stereocenters. The zero-order chi connectivity index (χ0) is 41.6. The molecule has 4 aromatic heterocycles. The summed E-state index contributed by atoms with van der Waals surface area (Å²) in [5, 5.41) is 8.15. The van der Waals surface area contributed by atoms with Gasteiger partial charge in [-0.25, -0.2) is 19.9 Å². The van der Waals surface area contributed by atoms with Crippen molar-refractivity contribution in [1.82, 2.24) is 29.1 Å². The molecular weight excluding hydrogens is 769 g/mol. The zero-order valence-electron chi connectivity index (χ0n) is 34.4. The molecule has 2 aliphatic rings. The summed E-state index contributed by atoms with van der Waals surface area (Å²) < 4.78 is 4.77. The molecule has 0 spiro atoms. The van der Waals surface area contributed by atoms with Crippen LogP contribution >= 0.6 is 0 Å². The Kier molecular flexibility index (Phi) is 7.70. The fraction of sp³-hybridized carbons (Fsp3) is 0.0526. The lowest BCUT2D eigenvalue weighted by molar-refractivity contribution is 0.473. The summed E-state index contributed by atoms with van der Waals surface area (Å²) in [4.78, 5) is 20.5. The van der Waals surface area contributed by atoms with Crippen LogP contribution in [0.25, 0.3) is 106 Å². The number of fused-ring (bicyclic) bond motifs is 10. The maximum absolute atomic E-state index is 5.24. The van der Waals surface area contributed by atoms with Gasteiger partial charge >= 0.3 is 0 Å². The summed E-state index contributed by atoms with van der Waals surface area (Å²) in [5.41, 5.74) is 10.3. The number of hydrogen-bond donors (Lipinski definition) is 0. The van der Waals surface area contributed by atoms with Gasteiger partial charge in [0.2, 0.25) is 0 Å². The molecule has 6 nitrogen and oxygen atoms in total. The summed E-state index contributed by atoms with van der Waals surface area (Å²) in [5.74, 6) is 2.10. The van der Waals surface area contributed by atoms with E-state index in [2.05, 4.69) is 210 Å². The Bertz CT molecular complexity index is 3640. The molecule has 0 saturated carbocycles. The maximum Gasteiger partial charge on any atom is 0.164 e. The maximum atomic E-state index is 5.24. The zero-order valence-corrected chi connectivity index (χ0v) is 34.4. The molecule has 7 aromatic carbocycles. The molecule has 0 amide bonds. The molecule has 0 aliphatic heterocycles. The molecule has 2 atom stereocenters. The molecule has 63 heavy (non-hydrogen) atoms. The van der Waals surface area contributed by atoms with Crippen molar-refractivity contribution in [1.29, 1.82) is 0 Å². The summed E-state index contributed by atoms with van der Waals surface area (Å²) in [6, 6.07) is 58.0. The fourth-order valence-electron chi connectivity index (χ4n) is 10.1. The molecule has 0 radical (unpaired) electrons. The molecule has 11 aromatic rings. The van der Waals surface area contributed by atoms with Crippen molar-refractivity contribution in [3.05, 3.63) is 212 Å². The van der Waals surface area contributed by atoms with E-state index in [1.54, 1.807) is 0 Å². The van der Waals surface area contributed by atoms with Crippen molar-refractivity contribution >= 4 is 60.5 Å². The topological polar surface area (TPSA) is 61.4 Å². The van der Waals surface area contributed by atoms with Crippen LogP contribution in [-0.4, -0.2) is 29.1 Å². The number of allylic oxidation sites excluding steroid dienone is 5. The van der Waals surface area contributed by atoms with Gasteiger partial charge in [-0.2, -0.15) is 0 Å². The van der Waals surface area contributed by atoms with E-state index in [9.17, 15) is 0 Å². The van der Waals surface area contributed by atoms with E-state index < -0.39 is 0 Å². The van der Waals surface area contributed by atoms with Gasteiger partial charge in [0, 0.05) is 73.0 Å². The van der Waals surface area contributed by atoms with Crippen LogP contribution in [0.5, 0.6) is 0 Å². The van der Waals surface area contributed by atoms with E-state index in [0.29, 0.717) is 17.5 Å². The van der Waals surface area contributed by atoms with Crippen molar-refractivity contribution in [2.24, 2.45) is 5.92 Å². The van der Waals surface area contributed by atoms with E-state index in [-0.39, 0.29) is 11.3 Å². The quantitative estimate of drug-likeness (QED) is 0.174. The minimum atomic E-state index is -0.290. The van der Waals surface area contributed by atoms with Crippen LogP contribution in [0.15, 0.2) is 200 Å². The number of nitrogens with zero attached hydrogens (tertiary/aromatic N) is 6. The molecule has 0 bridgehead atoms. The van der Waals surface area contributed by atoms with Crippen LogP contribution < -0.4 is 0 Å². The fourth-order valence-corrected chi connectivity index (χ4v) is 10.1. The molecule has 0 N–H and O–H groups in total. The molecule has 0 fully saturated rings. The Morgan fingerprint density at radius 3 is 1.86 bits per heavy atom. The van der Waals surface area contributed by atoms with Crippen molar-refractivity contribution in [3.63, 3.8) is 0 Å². The molecule has 6 heteroatoms. The molecular formula is C57H38N6. The van der Waals surface area contributed by atoms with Crippen molar-refractivity contribution in [2.45, 2.75) is 12.3 Å². The number of para-hydroxylation sites is 1. The van der Waals surface area contributed by atoms with E-state index in [4.69, 9.17) is 19.9 Å². The van der Waals surface area contributed by atoms with Crippen LogP contribution in [0.3, 0.4) is 0 Å². The van der Waals surface area contributed by atoms with Crippen LogP contribution in [-0.2, 0) is 5.41 Å². The smallest absolute Gasteiger partial charge is 0.164 e. The van der Waals surface area contributed by atoms with Gasteiger partial charge in [-0.3, -0.25) is 4.57 Å². The molecule has 13 rings (SSSR count). The van der Waals surface area contributed by atoms with Gasteiger partial charge in [0.25, 0.3) is 0 Å². The van der Waals surface area contributed by atoms with Gasteiger partial charge in [0.15, 0.2) is 17.5 Å². The Balaban J connectivity index is 1.02. The molecule has 2 aliphatic carbocycles. The first-order valence-corrected chi connectivity index (χ1v) is 21.5. The monoisotopic (exact) mass is 806 g/mol. The molecule has 4 heterocycles. The number of hydrogen-bond acceptors (Lipinski definition) is 4. The summed E-state index contributed by atoms with van der Waals surface area (Å²) in [6.45, 7) is 2.37. The SMILES string of the molecule is CC12C=CC=CC1C=Cc1c2n(-c2cccc(-c3nc(-c4ccc5ccccc5c4)nc(-c4ccc5ccccc5c4)n3)c2)c2ccc(-n3c4ccccc4c4cccnc43)cc12. The largest absolute Gasteiger partial charge is 0.312 e. The lowest BCUT2D eigenvalue weighted by atomic mass is 9.68. The van der Waals surface area contributed by atoms with Gasteiger partial charge in [0.1, 0.15) is 5.65 Å². The Morgan fingerprint density at radius 2 is 1.11 bits per heavy atom. The first kappa shape index (κ1) is 35.5. The number of benzene rings is 7. The predicted octanol–water partition coefficient (Wildman–Crippen LogP) is 13.6. The Labute approximate surface area is 363 Å².